The first kappa shape index (κ1) is 18.0. The summed E-state index contributed by atoms with van der Waals surface area (Å²) in [4.78, 5) is 24.7. The Bertz CT molecular complexity index is 582. The highest BCUT2D eigenvalue weighted by Gasteiger charge is 2.29. The zero-order valence-corrected chi connectivity index (χ0v) is 13.8. The zero-order valence-electron chi connectivity index (χ0n) is 13.8. The van der Waals surface area contributed by atoms with E-state index in [0.717, 1.165) is 0 Å². The van der Waals surface area contributed by atoms with Crippen LogP contribution in [0.1, 0.15) is 6.42 Å². The lowest BCUT2D eigenvalue weighted by Crippen LogP contribution is -2.54. The molecule has 2 rings (SSSR count). The normalized spacial score (nSPS) is 20.1. The first-order valence-electron chi connectivity index (χ1n) is 7.70. The van der Waals surface area contributed by atoms with Crippen molar-refractivity contribution in [2.75, 3.05) is 33.9 Å². The summed E-state index contributed by atoms with van der Waals surface area (Å²) in [6, 6.07) is 5.14. The fourth-order valence-electron chi connectivity index (χ4n) is 2.28. The average Bonchev–Trinajstić information content (AvgIpc) is 2.54. The molecule has 1 aliphatic heterocycles. The van der Waals surface area contributed by atoms with E-state index in [9.17, 15) is 14.0 Å². The molecule has 1 aromatic rings. The Labute approximate surface area is 140 Å². The molecule has 0 aromatic heterocycles. The molecule has 0 bridgehead atoms. The van der Waals surface area contributed by atoms with Gasteiger partial charge in [-0.1, -0.05) is 6.07 Å². The van der Waals surface area contributed by atoms with Crippen LogP contribution >= 0.6 is 0 Å². The van der Waals surface area contributed by atoms with E-state index >= 15 is 0 Å². The molecule has 132 valence electrons. The van der Waals surface area contributed by atoms with Gasteiger partial charge in [-0.05, 0) is 12.1 Å². The number of halogens is 1. The second kappa shape index (κ2) is 8.49. The van der Waals surface area contributed by atoms with Gasteiger partial charge in [0, 0.05) is 26.6 Å². The summed E-state index contributed by atoms with van der Waals surface area (Å²) < 4.78 is 24.4. The number of nitrogens with one attached hydrogen (secondary N) is 2. The minimum Gasteiger partial charge on any atom is -0.488 e. The number of hydrogen-bond donors (Lipinski definition) is 2. The molecule has 8 heteroatoms. The van der Waals surface area contributed by atoms with Gasteiger partial charge < -0.3 is 25.0 Å². The largest absolute Gasteiger partial charge is 0.488 e. The van der Waals surface area contributed by atoms with E-state index in [1.165, 1.54) is 17.0 Å². The van der Waals surface area contributed by atoms with Gasteiger partial charge in [0.15, 0.2) is 0 Å². The predicted molar refractivity (Wildman–Crippen MR) is 85.3 cm³/mol. The summed E-state index contributed by atoms with van der Waals surface area (Å²) >= 11 is 0. The lowest BCUT2D eigenvalue weighted by atomic mass is 10.1. The van der Waals surface area contributed by atoms with Crippen LogP contribution in [0.3, 0.4) is 0 Å². The number of nitrogens with zero attached hydrogens (tertiary/aromatic N) is 1. The van der Waals surface area contributed by atoms with Gasteiger partial charge in [0.25, 0.3) is 0 Å². The molecular formula is C16H22FN3O4. The average molecular weight is 339 g/mol. The van der Waals surface area contributed by atoms with Crippen LogP contribution in [-0.2, 0) is 9.53 Å². The van der Waals surface area contributed by atoms with Crippen molar-refractivity contribution < 1.29 is 23.5 Å². The maximum Gasteiger partial charge on any atom is 0.317 e. The van der Waals surface area contributed by atoms with Crippen molar-refractivity contribution in [3.8, 4) is 5.75 Å². The van der Waals surface area contributed by atoms with E-state index in [2.05, 4.69) is 10.6 Å². The summed E-state index contributed by atoms with van der Waals surface area (Å²) in [5.74, 6) is -0.317. The molecule has 1 heterocycles. The molecule has 0 saturated carbocycles. The van der Waals surface area contributed by atoms with E-state index in [0.29, 0.717) is 25.4 Å². The van der Waals surface area contributed by atoms with Crippen molar-refractivity contribution in [2.24, 2.45) is 0 Å². The number of urea groups is 1. The van der Waals surface area contributed by atoms with E-state index in [1.807, 2.05) is 0 Å². The molecule has 2 atom stereocenters. The topological polar surface area (TPSA) is 79.9 Å². The molecule has 1 fully saturated rings. The van der Waals surface area contributed by atoms with Gasteiger partial charge in [0.1, 0.15) is 17.7 Å². The number of ether oxygens (including phenoxy) is 2. The molecule has 0 spiro atoms. The second-order valence-electron chi connectivity index (χ2n) is 5.70. The van der Waals surface area contributed by atoms with Gasteiger partial charge in [-0.15, -0.1) is 0 Å². The van der Waals surface area contributed by atoms with Crippen LogP contribution in [0.25, 0.3) is 0 Å². The molecule has 1 saturated heterocycles. The van der Waals surface area contributed by atoms with Gasteiger partial charge in [-0.3, -0.25) is 4.79 Å². The number of rotatable bonds is 5. The van der Waals surface area contributed by atoms with E-state index in [1.54, 1.807) is 26.2 Å². The number of amides is 3. The summed E-state index contributed by atoms with van der Waals surface area (Å²) in [6.45, 7) is 0.664. The monoisotopic (exact) mass is 339 g/mol. The van der Waals surface area contributed by atoms with Crippen molar-refractivity contribution in [3.63, 3.8) is 0 Å². The fourth-order valence-corrected chi connectivity index (χ4v) is 2.28. The van der Waals surface area contributed by atoms with Crippen LogP contribution in [0.2, 0.25) is 0 Å². The fraction of sp³-hybridized carbons (Fsp3) is 0.500. The maximum absolute atomic E-state index is 13.3. The van der Waals surface area contributed by atoms with Crippen molar-refractivity contribution in [2.45, 2.75) is 18.6 Å². The Kier molecular flexibility index (Phi) is 6.36. The van der Waals surface area contributed by atoms with Crippen LogP contribution in [-0.4, -0.2) is 62.8 Å². The molecular weight excluding hydrogens is 317 g/mol. The van der Waals surface area contributed by atoms with Crippen LogP contribution in [0.4, 0.5) is 9.18 Å². The summed E-state index contributed by atoms with van der Waals surface area (Å²) in [7, 11) is 3.18. The van der Waals surface area contributed by atoms with E-state index in [4.69, 9.17) is 9.47 Å². The van der Waals surface area contributed by atoms with Crippen molar-refractivity contribution >= 4 is 11.9 Å². The van der Waals surface area contributed by atoms with Crippen LogP contribution in [0.5, 0.6) is 5.75 Å². The third kappa shape index (κ3) is 5.38. The quantitative estimate of drug-likeness (QED) is 0.830. The molecule has 0 aliphatic carbocycles. The highest BCUT2D eigenvalue weighted by Crippen LogP contribution is 2.19. The van der Waals surface area contributed by atoms with Gasteiger partial charge in [0.2, 0.25) is 5.91 Å². The molecule has 1 aromatic carbocycles. The Hall–Kier alpha value is -2.35. The minimum absolute atomic E-state index is 0.139. The van der Waals surface area contributed by atoms with Gasteiger partial charge in [0.05, 0.1) is 25.8 Å². The Morgan fingerprint density at radius 3 is 2.92 bits per heavy atom. The zero-order chi connectivity index (χ0) is 17.5. The van der Waals surface area contributed by atoms with Crippen LogP contribution in [0, 0.1) is 5.82 Å². The van der Waals surface area contributed by atoms with Crippen LogP contribution in [0.15, 0.2) is 24.3 Å². The van der Waals surface area contributed by atoms with Gasteiger partial charge in [-0.2, -0.15) is 0 Å². The molecule has 7 nitrogen and oxygen atoms in total. The first-order valence-corrected chi connectivity index (χ1v) is 7.70. The molecule has 2 N–H and O–H groups in total. The van der Waals surface area contributed by atoms with Gasteiger partial charge >= 0.3 is 6.03 Å². The Morgan fingerprint density at radius 1 is 1.42 bits per heavy atom. The third-order valence-corrected chi connectivity index (χ3v) is 3.53. The summed E-state index contributed by atoms with van der Waals surface area (Å²) in [6.07, 6.45) is 0.250. The molecule has 0 unspecified atom stereocenters. The van der Waals surface area contributed by atoms with Crippen molar-refractivity contribution in [1.29, 1.82) is 0 Å². The number of hydrogen-bond acceptors (Lipinski definition) is 4. The summed E-state index contributed by atoms with van der Waals surface area (Å²) in [5, 5.41) is 5.27. The number of carbonyl (C=O) groups excluding carboxylic acids is 2. The Balaban J connectivity index is 1.89. The number of benzene rings is 1. The molecule has 0 radical (unpaired) electrons. The van der Waals surface area contributed by atoms with E-state index < -0.39 is 0 Å². The number of carbonyl (C=O) groups is 2. The maximum atomic E-state index is 13.3. The predicted octanol–water partition coefficient (Wildman–Crippen LogP) is 0.749. The molecule has 24 heavy (non-hydrogen) atoms. The SMILES string of the molecule is CN(C)C(=O)NCC(=O)N[C@@H]1COCC[C@@H]1Oc1cccc(F)c1. The smallest absolute Gasteiger partial charge is 0.317 e. The Morgan fingerprint density at radius 2 is 2.21 bits per heavy atom. The van der Waals surface area contributed by atoms with Crippen LogP contribution < -0.4 is 15.4 Å². The lowest BCUT2D eigenvalue weighted by molar-refractivity contribution is -0.123. The highest BCUT2D eigenvalue weighted by atomic mass is 19.1. The molecule has 3 amide bonds. The minimum atomic E-state index is -0.383. The second-order valence-corrected chi connectivity index (χ2v) is 5.70. The third-order valence-electron chi connectivity index (χ3n) is 3.53. The standard InChI is InChI=1S/C16H22FN3O4/c1-20(2)16(22)18-9-15(21)19-13-10-23-7-6-14(13)24-12-5-3-4-11(17)8-12/h3-5,8,13-14H,6-7,9-10H2,1-2H3,(H,18,22)(H,19,21)/t13-,14+/m1/s1. The van der Waals surface area contributed by atoms with Gasteiger partial charge in [-0.25, -0.2) is 9.18 Å². The summed E-state index contributed by atoms with van der Waals surface area (Å²) in [5.41, 5.74) is 0. The molecule has 1 aliphatic rings. The van der Waals surface area contributed by atoms with Crippen molar-refractivity contribution in [3.05, 3.63) is 30.1 Å². The first-order chi connectivity index (χ1) is 11.5. The lowest BCUT2D eigenvalue weighted by Gasteiger charge is -2.32. The highest BCUT2D eigenvalue weighted by molar-refractivity contribution is 5.83. The van der Waals surface area contributed by atoms with Crippen molar-refractivity contribution in [1.82, 2.24) is 15.5 Å². The van der Waals surface area contributed by atoms with E-state index in [-0.39, 0.29) is 36.4 Å².